The van der Waals surface area contributed by atoms with Gasteiger partial charge in [-0.15, -0.1) is 0 Å². The smallest absolute Gasteiger partial charge is 0.331 e. The molecular weight excluding hydrogens is 544 g/mol. The largest absolute Gasteiger partial charge is 0.458 e. The van der Waals surface area contributed by atoms with Crippen LogP contribution in [0.3, 0.4) is 0 Å². The van der Waals surface area contributed by atoms with Crippen molar-refractivity contribution in [2.75, 3.05) is 13.7 Å². The molecule has 7 rings (SSSR count). The lowest BCUT2D eigenvalue weighted by molar-refractivity contribution is -0.315. The molecule has 7 aliphatic rings. The van der Waals surface area contributed by atoms with E-state index in [1.54, 1.807) is 13.0 Å². The molecule has 14 atom stereocenters. The van der Waals surface area contributed by atoms with Crippen molar-refractivity contribution < 1.29 is 48.2 Å². The first kappa shape index (κ1) is 29.2. The van der Waals surface area contributed by atoms with Crippen LogP contribution in [0.25, 0.3) is 0 Å². The third kappa shape index (κ3) is 3.84. The molecule has 0 amide bonds. The average Bonchev–Trinajstić information content (AvgIpc) is 3.38. The summed E-state index contributed by atoms with van der Waals surface area (Å²) in [5.41, 5.74) is -0.815. The van der Waals surface area contributed by atoms with Crippen LogP contribution in [0.5, 0.6) is 0 Å². The standard InChI is InChI=1S/C32H46O10/c1-16-25(35)26(37-5)27(40-17(2)33)28(39-16)41-20-6-9-29(3)19(13-20)14-23-32(42-23)22(29)8-10-30(4)21(7-11-31(30,32)36)18-12-24(34)38-15-18/h12,16,19-23,25-28,35-36H,6-11,13-15H2,1-5H3/t16-,19+,20+,21-,22+,23+,25+,26-,27-,28+,29+,30-,31-,32-/m1/s1. The lowest BCUT2D eigenvalue weighted by atomic mass is 9.43. The van der Waals surface area contributed by atoms with Crippen LogP contribution in [-0.2, 0) is 38.0 Å². The summed E-state index contributed by atoms with van der Waals surface area (Å²) < 4.78 is 35.6. The molecule has 6 fully saturated rings. The Hall–Kier alpha value is -1.56. The van der Waals surface area contributed by atoms with Gasteiger partial charge in [0.15, 0.2) is 12.4 Å². The molecule has 0 unspecified atom stereocenters. The molecule has 10 nitrogen and oxygen atoms in total. The van der Waals surface area contributed by atoms with Gasteiger partial charge in [0, 0.05) is 25.5 Å². The molecule has 3 aliphatic heterocycles. The van der Waals surface area contributed by atoms with Gasteiger partial charge in [-0.05, 0) is 87.0 Å². The van der Waals surface area contributed by atoms with E-state index in [2.05, 4.69) is 13.8 Å². The molecule has 2 saturated heterocycles. The molecule has 10 heteroatoms. The molecule has 42 heavy (non-hydrogen) atoms. The molecule has 4 saturated carbocycles. The molecule has 0 bridgehead atoms. The topological polar surface area (TPSA) is 133 Å². The first-order valence-electron chi connectivity index (χ1n) is 15.8. The van der Waals surface area contributed by atoms with Crippen molar-refractivity contribution in [1.29, 1.82) is 0 Å². The highest BCUT2D eigenvalue weighted by Crippen LogP contribution is 2.77. The zero-order valence-electron chi connectivity index (χ0n) is 25.4. The summed E-state index contributed by atoms with van der Waals surface area (Å²) in [5.74, 6) is -0.0281. The van der Waals surface area contributed by atoms with Gasteiger partial charge in [0.2, 0.25) is 0 Å². The summed E-state index contributed by atoms with van der Waals surface area (Å²) in [6.45, 7) is 8.04. The number of carbonyl (C=O) groups is 2. The summed E-state index contributed by atoms with van der Waals surface area (Å²) >= 11 is 0. The van der Waals surface area contributed by atoms with E-state index < -0.39 is 47.9 Å². The van der Waals surface area contributed by atoms with E-state index in [1.165, 1.54) is 14.0 Å². The Morgan fingerprint density at radius 2 is 1.88 bits per heavy atom. The molecule has 2 N–H and O–H groups in total. The van der Waals surface area contributed by atoms with Crippen molar-refractivity contribution in [3.8, 4) is 0 Å². The molecular formula is C32H46O10. The second kappa shape index (κ2) is 9.72. The van der Waals surface area contributed by atoms with Gasteiger partial charge in [0.1, 0.15) is 30.0 Å². The first-order chi connectivity index (χ1) is 19.9. The Labute approximate surface area is 247 Å². The Morgan fingerprint density at radius 3 is 2.57 bits per heavy atom. The lowest BCUT2D eigenvalue weighted by Crippen LogP contribution is -2.68. The number of epoxide rings is 1. The van der Waals surface area contributed by atoms with Gasteiger partial charge in [-0.2, -0.15) is 0 Å². The second-order valence-electron chi connectivity index (χ2n) is 14.6. The highest BCUT2D eigenvalue weighted by molar-refractivity contribution is 5.85. The van der Waals surface area contributed by atoms with Gasteiger partial charge in [0.05, 0.1) is 18.3 Å². The molecule has 3 heterocycles. The van der Waals surface area contributed by atoms with Crippen LogP contribution >= 0.6 is 0 Å². The SMILES string of the molecule is CO[C@@H]1[C@@H](O)[C@@H](C)O[C@@H](O[C@H]2CC[C@@]3(C)[C@@H](C2)C[C@@H]2O[C@]24[C@H]3CC[C@]2(C)[C@@H](C3=CC(=O)OC3)CC[C@]42O)[C@@H]1OC(C)=O. The minimum absolute atomic E-state index is 0.00499. The molecule has 4 aliphatic carbocycles. The molecule has 0 radical (unpaired) electrons. The maximum atomic E-state index is 12.6. The summed E-state index contributed by atoms with van der Waals surface area (Å²) in [6.07, 6.45) is 4.48. The van der Waals surface area contributed by atoms with E-state index in [4.69, 9.17) is 28.4 Å². The zero-order chi connectivity index (χ0) is 29.8. The molecule has 0 aromatic carbocycles. The van der Waals surface area contributed by atoms with E-state index in [0.29, 0.717) is 18.9 Å². The quantitative estimate of drug-likeness (QED) is 0.280. The van der Waals surface area contributed by atoms with Crippen molar-refractivity contribution in [3.63, 3.8) is 0 Å². The van der Waals surface area contributed by atoms with Crippen molar-refractivity contribution in [2.24, 2.45) is 28.6 Å². The van der Waals surface area contributed by atoms with Gasteiger partial charge in [-0.3, -0.25) is 4.79 Å². The van der Waals surface area contributed by atoms with Crippen molar-refractivity contribution in [2.45, 2.75) is 133 Å². The second-order valence-corrected chi connectivity index (χ2v) is 14.6. The van der Waals surface area contributed by atoms with Gasteiger partial charge in [-0.25, -0.2) is 4.79 Å². The predicted octanol–water partition coefficient (Wildman–Crippen LogP) is 2.81. The Bertz CT molecular complexity index is 1170. The van der Waals surface area contributed by atoms with Crippen LogP contribution in [0.4, 0.5) is 0 Å². The van der Waals surface area contributed by atoms with Crippen LogP contribution < -0.4 is 0 Å². The molecule has 0 aromatic heterocycles. The van der Waals surface area contributed by atoms with Crippen LogP contribution in [-0.4, -0.2) is 90.0 Å². The maximum Gasteiger partial charge on any atom is 0.331 e. The van der Waals surface area contributed by atoms with Crippen molar-refractivity contribution in [1.82, 2.24) is 0 Å². The van der Waals surface area contributed by atoms with Gasteiger partial charge in [0.25, 0.3) is 0 Å². The average molecular weight is 591 g/mol. The van der Waals surface area contributed by atoms with Gasteiger partial charge >= 0.3 is 11.9 Å². The minimum atomic E-state index is -0.941. The number of aliphatic hydroxyl groups excluding tert-OH is 1. The number of hydrogen-bond acceptors (Lipinski definition) is 10. The molecule has 234 valence electrons. The van der Waals surface area contributed by atoms with E-state index in [1.807, 2.05) is 0 Å². The number of aliphatic hydroxyl groups is 2. The van der Waals surface area contributed by atoms with E-state index in [-0.39, 0.29) is 40.8 Å². The third-order valence-electron chi connectivity index (χ3n) is 13.0. The highest BCUT2D eigenvalue weighted by Gasteiger charge is 2.84. The fourth-order valence-electron chi connectivity index (χ4n) is 10.8. The first-order valence-corrected chi connectivity index (χ1v) is 15.8. The van der Waals surface area contributed by atoms with Crippen molar-refractivity contribution >= 4 is 11.9 Å². The Kier molecular flexibility index (Phi) is 6.75. The number of cyclic esters (lactones) is 1. The van der Waals surface area contributed by atoms with Gasteiger partial charge in [-0.1, -0.05) is 13.8 Å². The van der Waals surface area contributed by atoms with Crippen LogP contribution in [0, 0.1) is 28.6 Å². The highest BCUT2D eigenvalue weighted by atomic mass is 16.7. The summed E-state index contributed by atoms with van der Waals surface area (Å²) in [7, 11) is 1.49. The van der Waals surface area contributed by atoms with Crippen LogP contribution in [0.2, 0.25) is 0 Å². The molecule has 0 aromatic rings. The fourth-order valence-corrected chi connectivity index (χ4v) is 10.8. The van der Waals surface area contributed by atoms with Crippen LogP contribution in [0.1, 0.15) is 79.1 Å². The molecule has 1 spiro atoms. The predicted molar refractivity (Wildman–Crippen MR) is 147 cm³/mol. The van der Waals surface area contributed by atoms with E-state index >= 15 is 0 Å². The Morgan fingerprint density at radius 1 is 1.10 bits per heavy atom. The third-order valence-corrected chi connectivity index (χ3v) is 13.0. The Balaban J connectivity index is 1.09. The lowest BCUT2D eigenvalue weighted by Gasteiger charge is -2.62. The maximum absolute atomic E-state index is 12.6. The number of fused-ring (bicyclic) bond motifs is 3. The summed E-state index contributed by atoms with van der Waals surface area (Å²) in [6, 6.07) is 0. The van der Waals surface area contributed by atoms with Gasteiger partial charge < -0.3 is 38.6 Å². The van der Waals surface area contributed by atoms with Crippen molar-refractivity contribution in [3.05, 3.63) is 11.6 Å². The number of esters is 2. The van der Waals surface area contributed by atoms with Crippen LogP contribution in [0.15, 0.2) is 11.6 Å². The number of carbonyl (C=O) groups excluding carboxylic acids is 2. The number of ether oxygens (including phenoxy) is 6. The summed E-state index contributed by atoms with van der Waals surface area (Å²) in [5, 5.41) is 23.3. The fraction of sp³-hybridized carbons (Fsp3) is 0.875. The minimum Gasteiger partial charge on any atom is -0.458 e. The number of hydrogen-bond donors (Lipinski definition) is 2. The normalized spacial score (nSPS) is 54.5. The number of rotatable bonds is 5. The summed E-state index contributed by atoms with van der Waals surface area (Å²) in [4.78, 5) is 23.8. The van der Waals surface area contributed by atoms with E-state index in [0.717, 1.165) is 50.5 Å². The number of methoxy groups -OCH3 is 1. The monoisotopic (exact) mass is 590 g/mol. The zero-order valence-corrected chi connectivity index (χ0v) is 25.4. The van der Waals surface area contributed by atoms with E-state index in [9.17, 15) is 19.8 Å².